The van der Waals surface area contributed by atoms with Gasteiger partial charge < -0.3 is 19.5 Å². The molecule has 10 heteroatoms. The predicted molar refractivity (Wildman–Crippen MR) is 145 cm³/mol. The van der Waals surface area contributed by atoms with Crippen LogP contribution in [-0.4, -0.2) is 77.5 Å². The van der Waals surface area contributed by atoms with E-state index >= 15 is 0 Å². The zero-order valence-corrected chi connectivity index (χ0v) is 22.6. The summed E-state index contributed by atoms with van der Waals surface area (Å²) in [5.41, 5.74) is 1.56. The molecule has 0 aromatic heterocycles. The van der Waals surface area contributed by atoms with E-state index in [-0.39, 0.29) is 17.0 Å². The number of likely N-dealkylation sites (tertiary alicyclic amines) is 1. The van der Waals surface area contributed by atoms with Gasteiger partial charge >= 0.3 is 0 Å². The number of morpholine rings is 1. The molecule has 0 spiro atoms. The molecule has 0 aliphatic carbocycles. The second-order valence-electron chi connectivity index (χ2n) is 10.3. The quantitative estimate of drug-likeness (QED) is 0.158. The number of Topliss-reactive ketones (excluding diaryl/α,β-unsaturated/α-hetero) is 1. The molecule has 2 aromatic rings. The Balaban J connectivity index is 1.67. The molecule has 0 bridgehead atoms. The van der Waals surface area contributed by atoms with E-state index in [0.717, 1.165) is 25.2 Å². The summed E-state index contributed by atoms with van der Waals surface area (Å²) in [7, 11) is 0. The monoisotopic (exact) mass is 537 g/mol. The van der Waals surface area contributed by atoms with Crippen molar-refractivity contribution in [2.24, 2.45) is 5.92 Å². The van der Waals surface area contributed by atoms with Crippen molar-refractivity contribution in [3.63, 3.8) is 0 Å². The summed E-state index contributed by atoms with van der Waals surface area (Å²) in [6, 6.07) is 10.0. The van der Waals surface area contributed by atoms with Crippen LogP contribution in [0.5, 0.6) is 5.75 Å². The average Bonchev–Trinajstić information content (AvgIpc) is 3.17. The highest BCUT2D eigenvalue weighted by molar-refractivity contribution is 6.46. The predicted octanol–water partition coefficient (Wildman–Crippen LogP) is 4.08. The molecule has 1 amide bonds. The maximum Gasteiger partial charge on any atom is 0.295 e. The van der Waals surface area contributed by atoms with E-state index in [2.05, 4.69) is 4.90 Å². The largest absolute Gasteiger partial charge is 0.507 e. The Hall–Kier alpha value is -3.76. The molecule has 0 saturated carbocycles. The molecule has 2 saturated heterocycles. The molecule has 2 aliphatic heterocycles. The molecular formula is C29H35N3O7. The van der Waals surface area contributed by atoms with Crippen LogP contribution in [-0.2, 0) is 14.3 Å². The summed E-state index contributed by atoms with van der Waals surface area (Å²) in [6.07, 6.45) is 0.623. The Morgan fingerprint density at radius 2 is 1.82 bits per heavy atom. The summed E-state index contributed by atoms with van der Waals surface area (Å²) in [5.74, 6) is -0.740. The number of amides is 1. The van der Waals surface area contributed by atoms with Crippen LogP contribution in [0.1, 0.15) is 43.0 Å². The number of ketones is 1. The van der Waals surface area contributed by atoms with Crippen molar-refractivity contribution in [3.05, 3.63) is 74.8 Å². The molecule has 2 heterocycles. The van der Waals surface area contributed by atoms with Crippen molar-refractivity contribution in [2.75, 3.05) is 46.0 Å². The van der Waals surface area contributed by atoms with Crippen molar-refractivity contribution in [3.8, 4) is 5.75 Å². The molecule has 2 aromatic carbocycles. The number of nitro groups is 1. The minimum atomic E-state index is -0.868. The summed E-state index contributed by atoms with van der Waals surface area (Å²) >= 11 is 0. The number of nitro benzene ring substituents is 1. The first-order valence-corrected chi connectivity index (χ1v) is 13.2. The number of benzene rings is 2. The number of hydrogen-bond acceptors (Lipinski definition) is 8. The molecule has 39 heavy (non-hydrogen) atoms. The number of hydrogen-bond donors (Lipinski definition) is 1. The second kappa shape index (κ2) is 12.4. The van der Waals surface area contributed by atoms with Crippen molar-refractivity contribution < 1.29 is 29.1 Å². The Labute approximate surface area is 228 Å². The van der Waals surface area contributed by atoms with Crippen molar-refractivity contribution in [1.29, 1.82) is 0 Å². The first-order valence-electron chi connectivity index (χ1n) is 13.2. The topological polar surface area (TPSA) is 122 Å². The summed E-state index contributed by atoms with van der Waals surface area (Å²) < 4.78 is 11.2. The van der Waals surface area contributed by atoms with Crippen LogP contribution < -0.4 is 4.74 Å². The van der Waals surface area contributed by atoms with Crippen LogP contribution in [0.4, 0.5) is 5.69 Å². The van der Waals surface area contributed by atoms with Gasteiger partial charge in [0.25, 0.3) is 17.4 Å². The standard InChI is InChI=1S/C29H35N3O7/c1-19(2)18-39-24-10-7-22(17-20(24)3)27(33)25-26(21-5-8-23(9-6-21)32(36)37)31(29(35)28(25)34)12-4-11-30-13-15-38-16-14-30/h5-10,17,19,26,33H,4,11-16,18H2,1-3H3/b27-25+/t26-/m0/s1. The van der Waals surface area contributed by atoms with Crippen LogP contribution in [0.15, 0.2) is 48.0 Å². The van der Waals surface area contributed by atoms with Gasteiger partial charge in [0.1, 0.15) is 11.5 Å². The van der Waals surface area contributed by atoms with Gasteiger partial charge in [0.05, 0.1) is 36.4 Å². The Bertz CT molecular complexity index is 1250. The molecule has 0 radical (unpaired) electrons. The normalized spacial score (nSPS) is 19.6. The average molecular weight is 538 g/mol. The lowest BCUT2D eigenvalue weighted by Gasteiger charge is -2.29. The molecule has 4 rings (SSSR count). The zero-order valence-electron chi connectivity index (χ0n) is 22.6. The fraction of sp³-hybridized carbons (Fsp3) is 0.448. The molecule has 10 nitrogen and oxygen atoms in total. The number of carbonyl (C=O) groups excluding carboxylic acids is 2. The van der Waals surface area contributed by atoms with Crippen molar-refractivity contribution in [2.45, 2.75) is 33.2 Å². The smallest absolute Gasteiger partial charge is 0.295 e. The lowest BCUT2D eigenvalue weighted by molar-refractivity contribution is -0.384. The maximum atomic E-state index is 13.3. The number of nitrogens with zero attached hydrogens (tertiary/aromatic N) is 3. The highest BCUT2D eigenvalue weighted by Crippen LogP contribution is 2.40. The first kappa shape index (κ1) is 28.3. The third-order valence-corrected chi connectivity index (χ3v) is 6.96. The van der Waals surface area contributed by atoms with Gasteiger partial charge in [0.15, 0.2) is 0 Å². The Morgan fingerprint density at radius 1 is 1.13 bits per heavy atom. The van der Waals surface area contributed by atoms with E-state index in [4.69, 9.17) is 9.47 Å². The highest BCUT2D eigenvalue weighted by Gasteiger charge is 2.46. The van der Waals surface area contributed by atoms with Gasteiger partial charge in [-0.25, -0.2) is 0 Å². The molecule has 2 aliphatic rings. The molecular weight excluding hydrogens is 502 g/mol. The van der Waals surface area contributed by atoms with Gasteiger partial charge in [-0.05, 0) is 60.7 Å². The number of aliphatic hydroxyl groups excluding tert-OH is 1. The Morgan fingerprint density at radius 3 is 2.44 bits per heavy atom. The third kappa shape index (κ3) is 6.46. The van der Waals surface area contributed by atoms with Crippen LogP contribution in [0, 0.1) is 23.0 Å². The van der Waals surface area contributed by atoms with E-state index < -0.39 is 22.7 Å². The minimum Gasteiger partial charge on any atom is -0.507 e. The molecule has 2 fully saturated rings. The molecule has 1 atom stereocenters. The lowest BCUT2D eigenvalue weighted by atomic mass is 9.94. The van der Waals surface area contributed by atoms with Crippen LogP contribution >= 0.6 is 0 Å². The van der Waals surface area contributed by atoms with Gasteiger partial charge in [-0.1, -0.05) is 13.8 Å². The zero-order chi connectivity index (χ0) is 28.1. The van der Waals surface area contributed by atoms with Crippen LogP contribution in [0.3, 0.4) is 0 Å². The van der Waals surface area contributed by atoms with E-state index in [1.54, 1.807) is 18.2 Å². The minimum absolute atomic E-state index is 0.0320. The SMILES string of the molecule is Cc1cc(/C(O)=C2\C(=O)C(=O)N(CCCN3CCOCC3)[C@H]2c2ccc([N+](=O)[O-])cc2)ccc1OCC(C)C. The van der Waals surface area contributed by atoms with Crippen molar-refractivity contribution in [1.82, 2.24) is 9.80 Å². The van der Waals surface area contributed by atoms with Gasteiger partial charge in [-0.3, -0.25) is 24.6 Å². The molecule has 208 valence electrons. The van der Waals surface area contributed by atoms with E-state index in [1.165, 1.54) is 29.2 Å². The van der Waals surface area contributed by atoms with Gasteiger partial charge in [-0.15, -0.1) is 0 Å². The number of non-ortho nitro benzene ring substituents is 1. The Kier molecular flexibility index (Phi) is 8.98. The summed E-state index contributed by atoms with van der Waals surface area (Å²) in [4.78, 5) is 41.0. The highest BCUT2D eigenvalue weighted by atomic mass is 16.6. The fourth-order valence-electron chi connectivity index (χ4n) is 4.90. The fourth-order valence-corrected chi connectivity index (χ4v) is 4.90. The van der Waals surface area contributed by atoms with E-state index in [0.29, 0.717) is 55.6 Å². The van der Waals surface area contributed by atoms with Crippen LogP contribution in [0.2, 0.25) is 0 Å². The number of aliphatic hydroxyl groups is 1. The van der Waals surface area contributed by atoms with Crippen LogP contribution in [0.25, 0.3) is 5.76 Å². The lowest BCUT2D eigenvalue weighted by Crippen LogP contribution is -2.38. The van der Waals surface area contributed by atoms with E-state index in [9.17, 15) is 24.8 Å². The van der Waals surface area contributed by atoms with Crippen molar-refractivity contribution >= 4 is 23.1 Å². The third-order valence-electron chi connectivity index (χ3n) is 6.96. The number of ether oxygens (including phenoxy) is 2. The molecule has 0 unspecified atom stereocenters. The number of carbonyl (C=O) groups is 2. The maximum absolute atomic E-state index is 13.3. The second-order valence-corrected chi connectivity index (χ2v) is 10.3. The number of rotatable bonds is 10. The first-order chi connectivity index (χ1) is 18.7. The van der Waals surface area contributed by atoms with Gasteiger partial charge in [-0.2, -0.15) is 0 Å². The number of aryl methyl sites for hydroxylation is 1. The molecule has 1 N–H and O–H groups in total. The summed E-state index contributed by atoms with van der Waals surface area (Å²) in [6.45, 7) is 10.5. The summed E-state index contributed by atoms with van der Waals surface area (Å²) in [5, 5.41) is 22.6. The van der Waals surface area contributed by atoms with Gasteiger partial charge in [0.2, 0.25) is 0 Å². The van der Waals surface area contributed by atoms with E-state index in [1.807, 2.05) is 20.8 Å². The van der Waals surface area contributed by atoms with Gasteiger partial charge in [0, 0.05) is 43.9 Å².